The van der Waals surface area contributed by atoms with Crippen LogP contribution >= 0.6 is 0 Å². The molecule has 0 saturated carbocycles. The molecule has 1 saturated heterocycles. The Morgan fingerprint density at radius 1 is 1.26 bits per heavy atom. The number of amides is 1. The maximum atomic E-state index is 13.7. The normalized spacial score (nSPS) is 20.0. The molecule has 4 rings (SSSR count). The maximum absolute atomic E-state index is 13.7. The average molecular weight is 377 g/mol. The van der Waals surface area contributed by atoms with Gasteiger partial charge >= 0.3 is 0 Å². The smallest absolute Gasteiger partial charge is 0.261 e. The number of halogens is 2. The first-order valence-electron chi connectivity index (χ1n) is 9.01. The molecular weight excluding hydrogens is 356 g/mol. The number of ether oxygens (including phenoxy) is 1. The summed E-state index contributed by atoms with van der Waals surface area (Å²) in [4.78, 5) is 16.6. The van der Waals surface area contributed by atoms with Crippen LogP contribution < -0.4 is 4.74 Å². The number of nitrogens with zero attached hydrogens (tertiary/aromatic N) is 5. The summed E-state index contributed by atoms with van der Waals surface area (Å²) >= 11 is 0. The third-order valence-corrected chi connectivity index (χ3v) is 5.09. The summed E-state index contributed by atoms with van der Waals surface area (Å²) in [5.41, 5.74) is 0. The van der Waals surface area contributed by atoms with E-state index in [1.165, 1.54) is 6.07 Å². The van der Waals surface area contributed by atoms with Crippen molar-refractivity contribution in [2.24, 2.45) is 0 Å². The van der Waals surface area contributed by atoms with Gasteiger partial charge in [0.05, 0.1) is 12.6 Å². The predicted octanol–water partition coefficient (Wildman–Crippen LogP) is 1.74. The van der Waals surface area contributed by atoms with E-state index in [1.807, 2.05) is 7.05 Å². The number of rotatable bonds is 4. The van der Waals surface area contributed by atoms with Crippen LogP contribution in [0.25, 0.3) is 0 Å². The van der Waals surface area contributed by atoms with E-state index in [0.717, 1.165) is 56.3 Å². The lowest BCUT2D eigenvalue weighted by Gasteiger charge is -2.28. The third-order valence-electron chi connectivity index (χ3n) is 5.09. The molecule has 0 aliphatic carbocycles. The highest BCUT2D eigenvalue weighted by Gasteiger charge is 2.35. The van der Waals surface area contributed by atoms with Crippen molar-refractivity contribution in [3.63, 3.8) is 0 Å². The first-order chi connectivity index (χ1) is 13.0. The van der Waals surface area contributed by atoms with Gasteiger partial charge in [-0.25, -0.2) is 8.78 Å². The van der Waals surface area contributed by atoms with Gasteiger partial charge in [0.1, 0.15) is 11.6 Å². The topological polar surface area (TPSA) is 63.5 Å². The van der Waals surface area contributed by atoms with Crippen LogP contribution in [0.2, 0.25) is 0 Å². The molecule has 7 nitrogen and oxygen atoms in total. The number of hydrogen-bond acceptors (Lipinski definition) is 5. The van der Waals surface area contributed by atoms with Gasteiger partial charge in [0.25, 0.3) is 5.91 Å². The lowest BCUT2D eigenvalue weighted by Crippen LogP contribution is -2.37. The lowest BCUT2D eigenvalue weighted by molar-refractivity contribution is -0.134. The number of likely N-dealkylation sites (N-methyl/N-ethyl adjacent to an activating group) is 1. The Kier molecular flexibility index (Phi) is 4.77. The summed E-state index contributed by atoms with van der Waals surface area (Å²) in [5, 5.41) is 8.61. The second kappa shape index (κ2) is 7.22. The van der Waals surface area contributed by atoms with E-state index in [9.17, 15) is 13.6 Å². The van der Waals surface area contributed by atoms with Crippen molar-refractivity contribution in [2.75, 3.05) is 26.7 Å². The second-order valence-electron chi connectivity index (χ2n) is 6.97. The number of fused-ring (bicyclic) bond motifs is 1. The highest BCUT2D eigenvalue weighted by molar-refractivity contribution is 5.78. The molecule has 0 bridgehead atoms. The van der Waals surface area contributed by atoms with Crippen LogP contribution in [0.3, 0.4) is 0 Å². The number of carbonyl (C=O) groups is 1. The highest BCUT2D eigenvalue weighted by atomic mass is 19.1. The zero-order valence-corrected chi connectivity index (χ0v) is 15.1. The fraction of sp³-hybridized carbons (Fsp3) is 0.500. The molecule has 2 aliphatic rings. The number of aromatic nitrogens is 3. The number of likely N-dealkylation sites (tertiary alicyclic amines) is 1. The SMILES string of the molecule is CN1CCn2c(nnc2[C@@H]2CCCN2C(=O)COc2ccc(F)cc2F)C1. The quantitative estimate of drug-likeness (QED) is 0.812. The van der Waals surface area contributed by atoms with E-state index >= 15 is 0 Å². The van der Waals surface area contributed by atoms with Gasteiger partial charge in [0.15, 0.2) is 24.0 Å². The molecule has 0 radical (unpaired) electrons. The molecule has 2 aliphatic heterocycles. The van der Waals surface area contributed by atoms with Crippen molar-refractivity contribution in [3.05, 3.63) is 41.5 Å². The Balaban J connectivity index is 1.46. The molecule has 1 fully saturated rings. The largest absolute Gasteiger partial charge is 0.481 e. The molecule has 2 aromatic rings. The molecule has 144 valence electrons. The molecule has 3 heterocycles. The van der Waals surface area contributed by atoms with Crippen LogP contribution in [-0.2, 0) is 17.9 Å². The minimum absolute atomic E-state index is 0.136. The fourth-order valence-electron chi connectivity index (χ4n) is 3.70. The first-order valence-corrected chi connectivity index (χ1v) is 9.01. The molecule has 27 heavy (non-hydrogen) atoms. The van der Waals surface area contributed by atoms with E-state index in [0.29, 0.717) is 6.54 Å². The van der Waals surface area contributed by atoms with E-state index in [1.54, 1.807) is 4.90 Å². The van der Waals surface area contributed by atoms with Gasteiger partial charge in [-0.3, -0.25) is 9.69 Å². The average Bonchev–Trinajstić information content (AvgIpc) is 3.26. The Labute approximate surface area is 155 Å². The van der Waals surface area contributed by atoms with Gasteiger partial charge in [-0.1, -0.05) is 0 Å². The van der Waals surface area contributed by atoms with Gasteiger partial charge < -0.3 is 14.2 Å². The van der Waals surface area contributed by atoms with Crippen LogP contribution in [0.5, 0.6) is 5.75 Å². The van der Waals surface area contributed by atoms with Crippen molar-refractivity contribution < 1.29 is 18.3 Å². The van der Waals surface area contributed by atoms with Crippen molar-refractivity contribution in [1.82, 2.24) is 24.6 Å². The monoisotopic (exact) mass is 377 g/mol. The summed E-state index contributed by atoms with van der Waals surface area (Å²) in [5.74, 6) is -0.182. The summed E-state index contributed by atoms with van der Waals surface area (Å²) in [6.07, 6.45) is 1.67. The minimum Gasteiger partial charge on any atom is -0.481 e. The summed E-state index contributed by atoms with van der Waals surface area (Å²) in [6, 6.07) is 2.87. The predicted molar refractivity (Wildman–Crippen MR) is 91.9 cm³/mol. The standard InChI is InChI=1S/C18H21F2N5O2/c1-23-7-8-25-16(10-23)21-22-18(25)14-3-2-6-24(14)17(26)11-27-15-5-4-12(19)9-13(15)20/h4-5,9,14H,2-3,6-8,10-11H2,1H3/t14-/m0/s1. The van der Waals surface area contributed by atoms with Crippen LogP contribution in [-0.4, -0.2) is 57.2 Å². The van der Waals surface area contributed by atoms with Crippen molar-refractivity contribution in [3.8, 4) is 5.75 Å². The third kappa shape index (κ3) is 3.51. The number of hydrogen-bond donors (Lipinski definition) is 0. The zero-order valence-electron chi connectivity index (χ0n) is 15.1. The van der Waals surface area contributed by atoms with E-state index in [-0.39, 0.29) is 24.3 Å². The molecule has 0 unspecified atom stereocenters. The zero-order chi connectivity index (χ0) is 19.0. The molecular formula is C18H21F2N5O2. The van der Waals surface area contributed by atoms with E-state index in [4.69, 9.17) is 4.74 Å². The molecule has 0 N–H and O–H groups in total. The second-order valence-corrected chi connectivity index (χ2v) is 6.97. The number of benzene rings is 1. The molecule has 0 spiro atoms. The fourth-order valence-corrected chi connectivity index (χ4v) is 3.70. The highest BCUT2D eigenvalue weighted by Crippen LogP contribution is 2.32. The summed E-state index contributed by atoms with van der Waals surface area (Å²) in [6.45, 7) is 2.74. The maximum Gasteiger partial charge on any atom is 0.261 e. The summed E-state index contributed by atoms with van der Waals surface area (Å²) in [7, 11) is 2.04. The van der Waals surface area contributed by atoms with Crippen LogP contribution in [0.4, 0.5) is 8.78 Å². The molecule has 1 atom stereocenters. The van der Waals surface area contributed by atoms with Crippen LogP contribution in [0.15, 0.2) is 18.2 Å². The van der Waals surface area contributed by atoms with E-state index < -0.39 is 11.6 Å². The van der Waals surface area contributed by atoms with Crippen molar-refractivity contribution in [1.29, 1.82) is 0 Å². The lowest BCUT2D eigenvalue weighted by atomic mass is 10.2. The Hall–Kier alpha value is -2.55. The van der Waals surface area contributed by atoms with Gasteiger partial charge in [-0.05, 0) is 32.0 Å². The summed E-state index contributed by atoms with van der Waals surface area (Å²) < 4.78 is 34.0. The van der Waals surface area contributed by atoms with Gasteiger partial charge in [0.2, 0.25) is 0 Å². The Morgan fingerprint density at radius 2 is 2.11 bits per heavy atom. The van der Waals surface area contributed by atoms with Gasteiger partial charge in [-0.15, -0.1) is 10.2 Å². The van der Waals surface area contributed by atoms with E-state index in [2.05, 4.69) is 19.7 Å². The van der Waals surface area contributed by atoms with Crippen molar-refractivity contribution >= 4 is 5.91 Å². The minimum atomic E-state index is -0.823. The first kappa shape index (κ1) is 17.8. The molecule has 1 amide bonds. The molecule has 9 heteroatoms. The Bertz CT molecular complexity index is 856. The van der Waals surface area contributed by atoms with Gasteiger partial charge in [-0.2, -0.15) is 0 Å². The van der Waals surface area contributed by atoms with Crippen molar-refractivity contribution in [2.45, 2.75) is 32.0 Å². The van der Waals surface area contributed by atoms with Gasteiger partial charge in [0, 0.05) is 25.7 Å². The Morgan fingerprint density at radius 3 is 2.93 bits per heavy atom. The molecule has 1 aromatic carbocycles. The van der Waals surface area contributed by atoms with Crippen LogP contribution in [0, 0.1) is 11.6 Å². The van der Waals surface area contributed by atoms with Crippen LogP contribution in [0.1, 0.15) is 30.5 Å². The number of carbonyl (C=O) groups excluding carboxylic acids is 1. The molecule has 1 aromatic heterocycles.